The first-order chi connectivity index (χ1) is 14.4. The molecule has 3 heterocycles. The van der Waals surface area contributed by atoms with E-state index in [-0.39, 0.29) is 6.04 Å². The van der Waals surface area contributed by atoms with Gasteiger partial charge in [0.25, 0.3) is 0 Å². The van der Waals surface area contributed by atoms with E-state index >= 15 is 0 Å². The quantitative estimate of drug-likeness (QED) is 0.413. The fraction of sp³-hybridized carbons (Fsp3) is 0.154. The van der Waals surface area contributed by atoms with Crippen LogP contribution in [0.1, 0.15) is 29.8 Å². The molecule has 0 bridgehead atoms. The summed E-state index contributed by atoms with van der Waals surface area (Å²) >= 11 is 0. The zero-order chi connectivity index (χ0) is 19.4. The molecular formula is C26H23N3. The van der Waals surface area contributed by atoms with E-state index in [9.17, 15) is 0 Å². The third-order valence-corrected chi connectivity index (χ3v) is 6.28. The van der Waals surface area contributed by atoms with Crippen LogP contribution in [0.15, 0.2) is 85.1 Å². The first-order valence-electron chi connectivity index (χ1n) is 10.4. The zero-order valence-electron chi connectivity index (χ0n) is 16.5. The Balaban J connectivity index is 1.64. The van der Waals surface area contributed by atoms with Crippen molar-refractivity contribution in [3.05, 3.63) is 102 Å². The lowest BCUT2D eigenvalue weighted by Gasteiger charge is -2.19. The van der Waals surface area contributed by atoms with E-state index in [1.54, 1.807) is 0 Å². The van der Waals surface area contributed by atoms with Crippen LogP contribution in [0.25, 0.3) is 27.5 Å². The second-order valence-corrected chi connectivity index (χ2v) is 7.75. The molecule has 0 radical (unpaired) electrons. The van der Waals surface area contributed by atoms with Gasteiger partial charge in [-0.2, -0.15) is 0 Å². The smallest absolute Gasteiger partial charge is 0.0744 e. The van der Waals surface area contributed by atoms with Gasteiger partial charge in [0, 0.05) is 52.5 Å². The van der Waals surface area contributed by atoms with Gasteiger partial charge in [-0.05, 0) is 48.4 Å². The molecule has 1 N–H and O–H groups in total. The number of para-hydroxylation sites is 2. The normalized spacial score (nSPS) is 16.0. The maximum absolute atomic E-state index is 3.85. The predicted octanol–water partition coefficient (Wildman–Crippen LogP) is 5.80. The number of hydrogen-bond acceptors (Lipinski definition) is 1. The molecule has 0 amide bonds. The molecule has 142 valence electrons. The molecule has 0 saturated heterocycles. The van der Waals surface area contributed by atoms with Crippen LogP contribution in [0, 0.1) is 0 Å². The molecule has 29 heavy (non-hydrogen) atoms. The maximum atomic E-state index is 3.85. The minimum atomic E-state index is 0.136. The summed E-state index contributed by atoms with van der Waals surface area (Å²) < 4.78 is 4.77. The van der Waals surface area contributed by atoms with Crippen molar-refractivity contribution < 1.29 is 0 Å². The highest BCUT2D eigenvalue weighted by Gasteiger charge is 2.25. The van der Waals surface area contributed by atoms with Crippen LogP contribution in [0.2, 0.25) is 0 Å². The van der Waals surface area contributed by atoms with Crippen LogP contribution in [0.4, 0.5) is 0 Å². The van der Waals surface area contributed by atoms with Gasteiger partial charge < -0.3 is 14.5 Å². The summed E-state index contributed by atoms with van der Waals surface area (Å²) in [6.07, 6.45) is 2.18. The lowest BCUT2D eigenvalue weighted by atomic mass is 9.97. The van der Waals surface area contributed by atoms with Crippen LogP contribution in [-0.4, -0.2) is 9.13 Å². The fourth-order valence-electron chi connectivity index (χ4n) is 5.04. The van der Waals surface area contributed by atoms with Gasteiger partial charge in [0.2, 0.25) is 0 Å². The van der Waals surface area contributed by atoms with Crippen molar-refractivity contribution >= 4 is 21.8 Å². The molecule has 0 spiro atoms. The third kappa shape index (κ3) is 2.34. The number of nitrogens with one attached hydrogen (secondary N) is 1. The SMILES string of the molecule is CCn1c2ccccc2c2c([C@H]3NCc4ccccc4-n4cccc43)cccc21. The van der Waals surface area contributed by atoms with E-state index in [2.05, 4.69) is 106 Å². The molecule has 0 aliphatic carbocycles. The van der Waals surface area contributed by atoms with E-state index in [1.165, 1.54) is 44.3 Å². The number of rotatable bonds is 2. The van der Waals surface area contributed by atoms with E-state index in [0.717, 1.165) is 13.1 Å². The summed E-state index contributed by atoms with van der Waals surface area (Å²) in [6.45, 7) is 4.04. The van der Waals surface area contributed by atoms with Crippen LogP contribution in [0.5, 0.6) is 0 Å². The average Bonchev–Trinajstić information content (AvgIpc) is 3.33. The van der Waals surface area contributed by atoms with E-state index in [0.29, 0.717) is 0 Å². The predicted molar refractivity (Wildman–Crippen MR) is 120 cm³/mol. The monoisotopic (exact) mass is 377 g/mol. The highest BCUT2D eigenvalue weighted by atomic mass is 15.1. The van der Waals surface area contributed by atoms with Gasteiger partial charge in [0.15, 0.2) is 0 Å². The highest BCUT2D eigenvalue weighted by molar-refractivity contribution is 6.10. The average molecular weight is 377 g/mol. The highest BCUT2D eigenvalue weighted by Crippen LogP contribution is 2.38. The zero-order valence-corrected chi connectivity index (χ0v) is 16.5. The minimum absolute atomic E-state index is 0.136. The second-order valence-electron chi connectivity index (χ2n) is 7.75. The summed E-state index contributed by atoms with van der Waals surface area (Å²) in [7, 11) is 0. The Kier molecular flexibility index (Phi) is 3.65. The Labute approximate surface area is 170 Å². The van der Waals surface area contributed by atoms with Crippen LogP contribution < -0.4 is 5.32 Å². The Morgan fingerprint density at radius 3 is 2.62 bits per heavy atom. The number of fused-ring (bicyclic) bond motifs is 6. The lowest BCUT2D eigenvalue weighted by Crippen LogP contribution is -2.21. The minimum Gasteiger partial charge on any atom is -0.341 e. The molecule has 0 fully saturated rings. The molecule has 3 heteroatoms. The van der Waals surface area contributed by atoms with Crippen molar-refractivity contribution in [2.75, 3.05) is 0 Å². The molecule has 6 rings (SSSR count). The molecular weight excluding hydrogens is 354 g/mol. The number of hydrogen-bond donors (Lipinski definition) is 1. The van der Waals surface area contributed by atoms with Gasteiger partial charge in [0.05, 0.1) is 6.04 Å². The number of aromatic nitrogens is 2. The first kappa shape index (κ1) is 16.6. The van der Waals surface area contributed by atoms with Crippen LogP contribution >= 0.6 is 0 Å². The second kappa shape index (κ2) is 6.36. The number of aryl methyl sites for hydroxylation is 1. The van der Waals surface area contributed by atoms with Gasteiger partial charge in [-0.15, -0.1) is 0 Å². The molecule has 0 saturated carbocycles. The molecule has 3 nitrogen and oxygen atoms in total. The Hall–Kier alpha value is -3.30. The molecule has 5 aromatic rings. The Bertz CT molecular complexity index is 1360. The summed E-state index contributed by atoms with van der Waals surface area (Å²) in [6, 6.07) is 28.8. The van der Waals surface area contributed by atoms with Crippen molar-refractivity contribution in [3.63, 3.8) is 0 Å². The van der Waals surface area contributed by atoms with Gasteiger partial charge in [-0.3, -0.25) is 0 Å². The number of benzene rings is 3. The summed E-state index contributed by atoms with van der Waals surface area (Å²) in [5, 5.41) is 6.55. The largest absolute Gasteiger partial charge is 0.341 e. The summed E-state index contributed by atoms with van der Waals surface area (Å²) in [5.74, 6) is 0. The lowest BCUT2D eigenvalue weighted by molar-refractivity contribution is 0.604. The topological polar surface area (TPSA) is 21.9 Å². The first-order valence-corrected chi connectivity index (χ1v) is 10.4. The van der Waals surface area contributed by atoms with Crippen molar-refractivity contribution in [1.82, 2.24) is 14.5 Å². The molecule has 0 unspecified atom stereocenters. The molecule has 3 aromatic carbocycles. The number of nitrogens with zero attached hydrogens (tertiary/aromatic N) is 2. The van der Waals surface area contributed by atoms with E-state index < -0.39 is 0 Å². The van der Waals surface area contributed by atoms with Crippen LogP contribution in [0.3, 0.4) is 0 Å². The van der Waals surface area contributed by atoms with Crippen LogP contribution in [-0.2, 0) is 13.1 Å². The standard InChI is InChI=1S/C26H23N3/c1-2-28-22-13-6-4-10-19(22)25-20(11-7-14-23(25)28)26-24-15-8-16-29(24)21-12-5-3-9-18(21)17-27-26/h3-16,26-27H,2,17H2,1H3/t26-/m1/s1. The molecule has 1 aliphatic rings. The fourth-order valence-corrected chi connectivity index (χ4v) is 5.04. The van der Waals surface area contributed by atoms with E-state index in [4.69, 9.17) is 0 Å². The van der Waals surface area contributed by atoms with E-state index in [1.807, 2.05) is 0 Å². The van der Waals surface area contributed by atoms with Gasteiger partial charge in [-0.25, -0.2) is 0 Å². The van der Waals surface area contributed by atoms with Gasteiger partial charge in [-0.1, -0.05) is 48.5 Å². The van der Waals surface area contributed by atoms with Gasteiger partial charge in [0.1, 0.15) is 0 Å². The van der Waals surface area contributed by atoms with Gasteiger partial charge >= 0.3 is 0 Å². The van der Waals surface area contributed by atoms with Crippen molar-refractivity contribution in [2.24, 2.45) is 0 Å². The maximum Gasteiger partial charge on any atom is 0.0744 e. The van der Waals surface area contributed by atoms with Crippen molar-refractivity contribution in [2.45, 2.75) is 26.1 Å². The third-order valence-electron chi connectivity index (χ3n) is 6.28. The molecule has 1 aliphatic heterocycles. The molecule has 1 atom stereocenters. The molecule has 2 aromatic heterocycles. The van der Waals surface area contributed by atoms with Crippen molar-refractivity contribution in [1.29, 1.82) is 0 Å². The Morgan fingerprint density at radius 1 is 0.862 bits per heavy atom. The Morgan fingerprint density at radius 2 is 1.69 bits per heavy atom. The van der Waals surface area contributed by atoms with Crippen molar-refractivity contribution in [3.8, 4) is 5.69 Å². The summed E-state index contributed by atoms with van der Waals surface area (Å²) in [5.41, 5.74) is 7.85. The summed E-state index contributed by atoms with van der Waals surface area (Å²) in [4.78, 5) is 0.